The van der Waals surface area contributed by atoms with Crippen molar-refractivity contribution < 1.29 is 17.6 Å². The van der Waals surface area contributed by atoms with Crippen molar-refractivity contribution in [2.75, 3.05) is 13.1 Å². The maximum Gasteiger partial charge on any atom is 0.246 e. The van der Waals surface area contributed by atoms with Gasteiger partial charge in [-0.05, 0) is 20.8 Å². The summed E-state index contributed by atoms with van der Waals surface area (Å²) in [5, 5.41) is 0. The van der Waals surface area contributed by atoms with Gasteiger partial charge in [-0.15, -0.1) is 0 Å². The van der Waals surface area contributed by atoms with Gasteiger partial charge in [0.2, 0.25) is 10.0 Å². The second kappa shape index (κ2) is 5.24. The van der Waals surface area contributed by atoms with Crippen molar-refractivity contribution in [3.63, 3.8) is 0 Å². The van der Waals surface area contributed by atoms with E-state index in [1.807, 2.05) is 13.8 Å². The number of ether oxygens (including phenoxy) is 1. The quantitative estimate of drug-likeness (QED) is 0.891. The summed E-state index contributed by atoms with van der Waals surface area (Å²) in [6.07, 6.45) is -0.223. The van der Waals surface area contributed by atoms with Gasteiger partial charge in [-0.1, -0.05) is 0 Å². The molecule has 0 saturated carbocycles. The maximum atomic E-state index is 12.6. The molecule has 1 aliphatic heterocycles. The Balaban J connectivity index is 2.33. The van der Waals surface area contributed by atoms with Crippen LogP contribution in [0.5, 0.6) is 0 Å². The summed E-state index contributed by atoms with van der Waals surface area (Å²) >= 11 is 0. The molecule has 1 aliphatic rings. The van der Waals surface area contributed by atoms with Crippen LogP contribution in [0.3, 0.4) is 0 Å². The molecule has 0 aliphatic carbocycles. The molecule has 0 unspecified atom stereocenters. The van der Waals surface area contributed by atoms with Crippen LogP contribution in [0.1, 0.15) is 25.4 Å². The van der Waals surface area contributed by atoms with Gasteiger partial charge in [0.25, 0.3) is 0 Å². The molecule has 1 aromatic heterocycles. The van der Waals surface area contributed by atoms with Crippen LogP contribution in [-0.4, -0.2) is 38.0 Å². The summed E-state index contributed by atoms with van der Waals surface area (Å²) in [6.45, 7) is 6.27. The molecule has 108 valence electrons. The first kappa shape index (κ1) is 14.5. The third kappa shape index (κ3) is 2.84. The van der Waals surface area contributed by atoms with Crippen molar-refractivity contribution in [2.24, 2.45) is 5.73 Å². The van der Waals surface area contributed by atoms with Crippen LogP contribution in [0.15, 0.2) is 15.4 Å². The summed E-state index contributed by atoms with van der Waals surface area (Å²) in [4.78, 5) is 0.203. The number of morpholine rings is 1. The zero-order valence-electron chi connectivity index (χ0n) is 11.4. The zero-order valence-corrected chi connectivity index (χ0v) is 12.2. The van der Waals surface area contributed by atoms with Crippen molar-refractivity contribution in [1.82, 2.24) is 4.31 Å². The van der Waals surface area contributed by atoms with Crippen molar-refractivity contribution in [3.8, 4) is 0 Å². The van der Waals surface area contributed by atoms with E-state index in [2.05, 4.69) is 0 Å². The van der Waals surface area contributed by atoms with Crippen LogP contribution in [0.2, 0.25) is 0 Å². The molecule has 0 amide bonds. The second-order valence-electron chi connectivity index (χ2n) is 4.92. The summed E-state index contributed by atoms with van der Waals surface area (Å²) in [5.41, 5.74) is 5.48. The third-order valence-electron chi connectivity index (χ3n) is 3.13. The van der Waals surface area contributed by atoms with Gasteiger partial charge >= 0.3 is 0 Å². The molecular weight excluding hydrogens is 268 g/mol. The summed E-state index contributed by atoms with van der Waals surface area (Å²) in [6, 6.07) is 1.51. The lowest BCUT2D eigenvalue weighted by Crippen LogP contribution is -2.48. The predicted octanol–water partition coefficient (Wildman–Crippen LogP) is 0.845. The van der Waals surface area contributed by atoms with Crippen molar-refractivity contribution in [2.45, 2.75) is 44.4 Å². The van der Waals surface area contributed by atoms with E-state index in [0.29, 0.717) is 24.6 Å². The highest BCUT2D eigenvalue weighted by atomic mass is 32.2. The van der Waals surface area contributed by atoms with Gasteiger partial charge in [0.05, 0.1) is 18.8 Å². The molecule has 2 rings (SSSR count). The highest BCUT2D eigenvalue weighted by Gasteiger charge is 2.34. The van der Waals surface area contributed by atoms with Crippen LogP contribution in [0.25, 0.3) is 0 Å². The van der Waals surface area contributed by atoms with Crippen molar-refractivity contribution >= 4 is 10.0 Å². The first-order valence-electron chi connectivity index (χ1n) is 6.29. The Kier molecular flexibility index (Phi) is 4.00. The SMILES string of the molecule is Cc1oc(CN)cc1S(=O)(=O)N1C[C@@H](C)O[C@@H](C)C1. The Morgan fingerprint density at radius 1 is 1.37 bits per heavy atom. The number of furan rings is 1. The normalized spacial score (nSPS) is 25.7. The highest BCUT2D eigenvalue weighted by Crippen LogP contribution is 2.26. The lowest BCUT2D eigenvalue weighted by molar-refractivity contribution is -0.0441. The molecule has 1 saturated heterocycles. The molecule has 1 fully saturated rings. The average Bonchev–Trinajstić information content (AvgIpc) is 2.70. The predicted molar refractivity (Wildman–Crippen MR) is 70.1 cm³/mol. The summed E-state index contributed by atoms with van der Waals surface area (Å²) < 4.78 is 37.5. The largest absolute Gasteiger partial charge is 0.464 e. The van der Waals surface area contributed by atoms with E-state index in [0.717, 1.165) is 0 Å². The van der Waals surface area contributed by atoms with Crippen molar-refractivity contribution in [1.29, 1.82) is 0 Å². The Labute approximate surface area is 113 Å². The second-order valence-corrected chi connectivity index (χ2v) is 6.82. The lowest BCUT2D eigenvalue weighted by atomic mass is 10.3. The Bertz CT molecular complexity index is 542. The number of hydrogen-bond acceptors (Lipinski definition) is 5. The summed E-state index contributed by atoms with van der Waals surface area (Å²) in [7, 11) is -3.54. The number of sulfonamides is 1. The van der Waals surface area contributed by atoms with E-state index < -0.39 is 10.0 Å². The minimum absolute atomic E-state index is 0.111. The van der Waals surface area contributed by atoms with Gasteiger partial charge in [0.15, 0.2) is 0 Å². The fraction of sp³-hybridized carbons (Fsp3) is 0.667. The monoisotopic (exact) mass is 288 g/mol. The molecular formula is C12H20N2O4S. The van der Waals surface area contributed by atoms with Crippen molar-refractivity contribution in [3.05, 3.63) is 17.6 Å². The first-order valence-corrected chi connectivity index (χ1v) is 7.73. The van der Waals surface area contributed by atoms with Crippen LogP contribution >= 0.6 is 0 Å². The fourth-order valence-electron chi connectivity index (χ4n) is 2.35. The van der Waals surface area contributed by atoms with Gasteiger partial charge < -0.3 is 14.9 Å². The Morgan fingerprint density at radius 3 is 2.42 bits per heavy atom. The molecule has 0 bridgehead atoms. The molecule has 19 heavy (non-hydrogen) atoms. The van der Waals surface area contributed by atoms with Crippen LogP contribution in [-0.2, 0) is 21.3 Å². The summed E-state index contributed by atoms with van der Waals surface area (Å²) in [5.74, 6) is 0.859. The molecule has 2 atom stereocenters. The number of nitrogens with two attached hydrogens (primary N) is 1. The van der Waals surface area contributed by atoms with Gasteiger partial charge in [0, 0.05) is 19.2 Å². The molecule has 1 aromatic rings. The molecule has 7 heteroatoms. The van der Waals surface area contributed by atoms with E-state index in [9.17, 15) is 8.42 Å². The van der Waals surface area contributed by atoms with E-state index in [1.54, 1.807) is 6.92 Å². The van der Waals surface area contributed by atoms with E-state index in [4.69, 9.17) is 14.9 Å². The molecule has 0 radical (unpaired) electrons. The van der Waals surface area contributed by atoms with Gasteiger partial charge in [-0.25, -0.2) is 8.42 Å². The maximum absolute atomic E-state index is 12.6. The molecule has 0 spiro atoms. The molecule has 2 N–H and O–H groups in total. The Morgan fingerprint density at radius 2 is 1.95 bits per heavy atom. The minimum Gasteiger partial charge on any atom is -0.464 e. The van der Waals surface area contributed by atoms with Gasteiger partial charge in [-0.3, -0.25) is 0 Å². The number of rotatable bonds is 3. The fourth-order valence-corrected chi connectivity index (χ4v) is 4.12. The van der Waals surface area contributed by atoms with Crippen LogP contribution < -0.4 is 5.73 Å². The smallest absolute Gasteiger partial charge is 0.246 e. The number of aryl methyl sites for hydroxylation is 1. The Hall–Kier alpha value is -0.890. The topological polar surface area (TPSA) is 85.8 Å². The molecule has 6 nitrogen and oxygen atoms in total. The third-order valence-corrected chi connectivity index (χ3v) is 5.07. The number of nitrogens with zero attached hydrogens (tertiary/aromatic N) is 1. The van der Waals surface area contributed by atoms with E-state index >= 15 is 0 Å². The first-order chi connectivity index (χ1) is 8.84. The van der Waals surface area contributed by atoms with E-state index in [-0.39, 0.29) is 23.6 Å². The van der Waals surface area contributed by atoms with Crippen LogP contribution in [0, 0.1) is 6.92 Å². The lowest BCUT2D eigenvalue weighted by Gasteiger charge is -2.34. The number of hydrogen-bond donors (Lipinski definition) is 1. The van der Waals surface area contributed by atoms with Crippen LogP contribution in [0.4, 0.5) is 0 Å². The van der Waals surface area contributed by atoms with Gasteiger partial charge in [-0.2, -0.15) is 4.31 Å². The zero-order chi connectivity index (χ0) is 14.2. The minimum atomic E-state index is -3.54. The van der Waals surface area contributed by atoms with Gasteiger partial charge in [0.1, 0.15) is 16.4 Å². The molecule has 2 heterocycles. The standard InChI is InChI=1S/C12H20N2O4S/c1-8-6-14(7-9(2)17-8)19(15,16)12-4-11(5-13)18-10(12)3/h4,8-9H,5-7,13H2,1-3H3/t8-,9+. The van der Waals surface area contributed by atoms with E-state index in [1.165, 1.54) is 10.4 Å². The average molecular weight is 288 g/mol. The highest BCUT2D eigenvalue weighted by molar-refractivity contribution is 7.89. The molecule has 0 aromatic carbocycles.